The fraction of sp³-hybridized carbons (Fsp3) is 0.471. The number of aromatic nitrogens is 2. The SMILES string of the molecule is CC(C)Nc1nnc(SCC(=O)NC(C)CCc2ccccc2)s1. The van der Waals surface area contributed by atoms with E-state index >= 15 is 0 Å². The number of hydrogen-bond donors (Lipinski definition) is 2. The van der Waals surface area contributed by atoms with Gasteiger partial charge in [0.2, 0.25) is 11.0 Å². The summed E-state index contributed by atoms with van der Waals surface area (Å²) < 4.78 is 0.810. The second kappa shape index (κ2) is 9.64. The van der Waals surface area contributed by atoms with Crippen LogP contribution in [0, 0.1) is 0 Å². The van der Waals surface area contributed by atoms with E-state index in [0.29, 0.717) is 11.8 Å². The number of rotatable bonds is 9. The van der Waals surface area contributed by atoms with Gasteiger partial charge < -0.3 is 10.6 Å². The third-order valence-electron chi connectivity index (χ3n) is 3.26. The zero-order valence-electron chi connectivity index (χ0n) is 14.3. The van der Waals surface area contributed by atoms with Gasteiger partial charge in [0, 0.05) is 12.1 Å². The largest absolute Gasteiger partial charge is 0.358 e. The first-order valence-corrected chi connectivity index (χ1v) is 9.89. The van der Waals surface area contributed by atoms with E-state index in [2.05, 4.69) is 46.8 Å². The zero-order chi connectivity index (χ0) is 17.4. The molecule has 1 aromatic carbocycles. The number of anilines is 1. The molecule has 1 aromatic heterocycles. The molecule has 0 saturated carbocycles. The minimum atomic E-state index is 0.0362. The number of carbonyl (C=O) groups is 1. The molecule has 7 heteroatoms. The molecule has 0 fully saturated rings. The molecule has 5 nitrogen and oxygen atoms in total. The Balaban J connectivity index is 1.68. The Bertz CT molecular complexity index is 631. The molecule has 24 heavy (non-hydrogen) atoms. The summed E-state index contributed by atoms with van der Waals surface area (Å²) in [6.45, 7) is 6.15. The topological polar surface area (TPSA) is 66.9 Å². The lowest BCUT2D eigenvalue weighted by Gasteiger charge is -2.13. The normalized spacial score (nSPS) is 12.2. The van der Waals surface area contributed by atoms with Crippen molar-refractivity contribution in [1.29, 1.82) is 0 Å². The molecule has 0 saturated heterocycles. The first-order chi connectivity index (χ1) is 11.5. The Morgan fingerprint density at radius 2 is 1.96 bits per heavy atom. The molecule has 0 aliphatic carbocycles. The molecular weight excluding hydrogens is 340 g/mol. The molecule has 0 bridgehead atoms. The van der Waals surface area contributed by atoms with E-state index in [-0.39, 0.29) is 11.9 Å². The average Bonchev–Trinajstić information content (AvgIpc) is 2.99. The van der Waals surface area contributed by atoms with Crippen molar-refractivity contribution in [3.05, 3.63) is 35.9 Å². The molecule has 2 N–H and O–H groups in total. The highest BCUT2D eigenvalue weighted by Gasteiger charge is 2.11. The summed E-state index contributed by atoms with van der Waals surface area (Å²) in [4.78, 5) is 12.0. The van der Waals surface area contributed by atoms with E-state index in [4.69, 9.17) is 0 Å². The van der Waals surface area contributed by atoms with Gasteiger partial charge in [-0.3, -0.25) is 4.79 Å². The standard InChI is InChI=1S/C17H24N4OS2/c1-12(2)18-16-20-21-17(24-16)23-11-15(22)19-13(3)9-10-14-7-5-4-6-8-14/h4-8,12-13H,9-11H2,1-3H3,(H,18,20)(H,19,22). The minimum Gasteiger partial charge on any atom is -0.358 e. The van der Waals surface area contributed by atoms with Crippen molar-refractivity contribution in [2.75, 3.05) is 11.1 Å². The lowest BCUT2D eigenvalue weighted by Crippen LogP contribution is -2.34. The Kier molecular flexibility index (Phi) is 7.52. The van der Waals surface area contributed by atoms with Gasteiger partial charge in [0.25, 0.3) is 0 Å². The molecule has 1 atom stereocenters. The lowest BCUT2D eigenvalue weighted by atomic mass is 10.1. The highest BCUT2D eigenvalue weighted by Crippen LogP contribution is 2.25. The van der Waals surface area contributed by atoms with Gasteiger partial charge in [0.15, 0.2) is 4.34 Å². The number of thioether (sulfide) groups is 1. The Morgan fingerprint density at radius 1 is 1.21 bits per heavy atom. The van der Waals surface area contributed by atoms with Crippen LogP contribution in [0.15, 0.2) is 34.7 Å². The van der Waals surface area contributed by atoms with Gasteiger partial charge in [-0.2, -0.15) is 0 Å². The van der Waals surface area contributed by atoms with Gasteiger partial charge >= 0.3 is 0 Å². The van der Waals surface area contributed by atoms with E-state index < -0.39 is 0 Å². The summed E-state index contributed by atoms with van der Waals surface area (Å²) in [6, 6.07) is 10.8. The maximum absolute atomic E-state index is 12.0. The van der Waals surface area contributed by atoms with Crippen LogP contribution in [0.1, 0.15) is 32.8 Å². The number of hydrogen-bond acceptors (Lipinski definition) is 6. The number of carbonyl (C=O) groups excluding carboxylic acids is 1. The molecular formula is C17H24N4OS2. The third-order valence-corrected chi connectivity index (χ3v) is 5.25. The second-order valence-electron chi connectivity index (χ2n) is 5.95. The average molecular weight is 365 g/mol. The minimum absolute atomic E-state index is 0.0362. The Labute approximate surface area is 151 Å². The molecule has 1 heterocycles. The molecule has 1 amide bonds. The van der Waals surface area contributed by atoms with Crippen LogP contribution in [0.25, 0.3) is 0 Å². The molecule has 0 spiro atoms. The number of amides is 1. The van der Waals surface area contributed by atoms with Crippen LogP contribution in [0.4, 0.5) is 5.13 Å². The zero-order valence-corrected chi connectivity index (χ0v) is 15.9. The predicted molar refractivity (Wildman–Crippen MR) is 102 cm³/mol. The van der Waals surface area contributed by atoms with Crippen LogP contribution >= 0.6 is 23.1 Å². The van der Waals surface area contributed by atoms with Gasteiger partial charge in [-0.25, -0.2) is 0 Å². The molecule has 0 aliphatic heterocycles. The summed E-state index contributed by atoms with van der Waals surface area (Å²) in [5.74, 6) is 0.403. The van der Waals surface area contributed by atoms with Crippen LogP contribution in [0.5, 0.6) is 0 Å². The first kappa shape index (κ1) is 18.7. The molecule has 0 radical (unpaired) electrons. The summed E-state index contributed by atoms with van der Waals surface area (Å²) >= 11 is 2.91. The Morgan fingerprint density at radius 3 is 2.67 bits per heavy atom. The highest BCUT2D eigenvalue weighted by molar-refractivity contribution is 8.01. The summed E-state index contributed by atoms with van der Waals surface area (Å²) in [5.41, 5.74) is 1.30. The van der Waals surface area contributed by atoms with Crippen LogP contribution in [0.3, 0.4) is 0 Å². The number of nitrogens with one attached hydrogen (secondary N) is 2. The number of benzene rings is 1. The van der Waals surface area contributed by atoms with Crippen LogP contribution < -0.4 is 10.6 Å². The van der Waals surface area contributed by atoms with Crippen molar-refractivity contribution in [1.82, 2.24) is 15.5 Å². The second-order valence-corrected chi connectivity index (χ2v) is 8.15. The third kappa shape index (κ3) is 6.88. The van der Waals surface area contributed by atoms with E-state index in [0.717, 1.165) is 22.3 Å². The van der Waals surface area contributed by atoms with Crippen molar-refractivity contribution >= 4 is 34.1 Å². The number of aryl methyl sites for hydroxylation is 1. The van der Waals surface area contributed by atoms with Crippen LogP contribution in [-0.4, -0.2) is 33.9 Å². The van der Waals surface area contributed by atoms with Gasteiger partial charge in [0.05, 0.1) is 5.75 Å². The number of nitrogens with zero attached hydrogens (tertiary/aromatic N) is 2. The quantitative estimate of drug-likeness (QED) is 0.666. The van der Waals surface area contributed by atoms with E-state index in [9.17, 15) is 4.79 Å². The molecule has 2 rings (SSSR count). The lowest BCUT2D eigenvalue weighted by molar-refractivity contribution is -0.119. The van der Waals surface area contributed by atoms with Crippen molar-refractivity contribution in [3.8, 4) is 0 Å². The molecule has 1 unspecified atom stereocenters. The van der Waals surface area contributed by atoms with Crippen LogP contribution in [-0.2, 0) is 11.2 Å². The summed E-state index contributed by atoms with van der Waals surface area (Å²) in [5, 5.41) is 15.2. The fourth-order valence-electron chi connectivity index (χ4n) is 2.12. The molecule has 0 aliphatic rings. The van der Waals surface area contributed by atoms with E-state index in [1.807, 2.05) is 25.1 Å². The van der Waals surface area contributed by atoms with Crippen LogP contribution in [0.2, 0.25) is 0 Å². The molecule has 2 aromatic rings. The van der Waals surface area contributed by atoms with Gasteiger partial charge in [-0.1, -0.05) is 53.4 Å². The van der Waals surface area contributed by atoms with E-state index in [1.54, 1.807) is 0 Å². The smallest absolute Gasteiger partial charge is 0.230 e. The van der Waals surface area contributed by atoms with Gasteiger partial charge in [0.1, 0.15) is 0 Å². The first-order valence-electron chi connectivity index (χ1n) is 8.09. The van der Waals surface area contributed by atoms with Crippen molar-refractivity contribution in [3.63, 3.8) is 0 Å². The summed E-state index contributed by atoms with van der Waals surface area (Å²) in [6.07, 6.45) is 1.90. The predicted octanol–water partition coefficient (Wildman–Crippen LogP) is 3.59. The summed E-state index contributed by atoms with van der Waals surface area (Å²) in [7, 11) is 0. The fourth-order valence-corrected chi connectivity index (χ4v) is 3.83. The van der Waals surface area contributed by atoms with Crippen molar-refractivity contribution < 1.29 is 4.79 Å². The monoisotopic (exact) mass is 364 g/mol. The Hall–Kier alpha value is -1.60. The van der Waals surface area contributed by atoms with E-state index in [1.165, 1.54) is 28.7 Å². The maximum atomic E-state index is 12.0. The maximum Gasteiger partial charge on any atom is 0.230 e. The van der Waals surface area contributed by atoms with Gasteiger partial charge in [-0.05, 0) is 39.2 Å². The molecule has 130 valence electrons. The van der Waals surface area contributed by atoms with Gasteiger partial charge in [-0.15, -0.1) is 10.2 Å². The van der Waals surface area contributed by atoms with Crippen molar-refractivity contribution in [2.45, 2.75) is 50.0 Å². The van der Waals surface area contributed by atoms with Crippen molar-refractivity contribution in [2.24, 2.45) is 0 Å². The highest BCUT2D eigenvalue weighted by atomic mass is 32.2.